The molecule has 150 valence electrons. The maximum Gasteiger partial charge on any atom is 0.242 e. The first kappa shape index (κ1) is 17.2. The third-order valence-corrected chi connectivity index (χ3v) is 7.03. The molecule has 2 amide bonds. The van der Waals surface area contributed by atoms with Crippen molar-refractivity contribution in [2.75, 3.05) is 19.7 Å². The number of nitrogens with zero attached hydrogens (tertiary/aromatic N) is 3. The number of para-hydroxylation sites is 1. The number of hydrogen-bond donors (Lipinski definition) is 0. The van der Waals surface area contributed by atoms with Crippen LogP contribution in [-0.4, -0.2) is 63.4 Å². The second-order valence-electron chi connectivity index (χ2n) is 8.62. The molecule has 2 atom stereocenters. The summed E-state index contributed by atoms with van der Waals surface area (Å²) < 4.78 is 7.88. The summed E-state index contributed by atoms with van der Waals surface area (Å²) in [6, 6.07) is 7.56. The highest BCUT2D eigenvalue weighted by Gasteiger charge is 2.62. The van der Waals surface area contributed by atoms with E-state index in [9.17, 15) is 14.4 Å². The Balaban J connectivity index is 1.30. The fraction of sp³-hybridized carbons (Fsp3) is 0.500. The lowest BCUT2D eigenvalue weighted by molar-refractivity contribution is -0.140. The molecule has 4 fully saturated rings. The number of carbonyl (C=O) groups is 3. The van der Waals surface area contributed by atoms with Crippen LogP contribution >= 0.6 is 0 Å². The van der Waals surface area contributed by atoms with Crippen LogP contribution in [0.1, 0.15) is 36.0 Å². The first-order chi connectivity index (χ1) is 14.1. The van der Waals surface area contributed by atoms with Crippen molar-refractivity contribution in [3.63, 3.8) is 0 Å². The van der Waals surface area contributed by atoms with Crippen molar-refractivity contribution in [2.45, 2.75) is 44.0 Å². The molecular weight excluding hydrogens is 370 g/mol. The van der Waals surface area contributed by atoms with Crippen molar-refractivity contribution in [3.8, 4) is 0 Å². The molecule has 4 aliphatic rings. The molecule has 1 aliphatic carbocycles. The Bertz CT molecular complexity index is 1060. The summed E-state index contributed by atoms with van der Waals surface area (Å²) in [5.41, 5.74) is 1.01. The molecule has 7 heteroatoms. The molecule has 3 saturated heterocycles. The maximum absolute atomic E-state index is 13.3. The van der Waals surface area contributed by atoms with Gasteiger partial charge in [0.1, 0.15) is 6.54 Å². The van der Waals surface area contributed by atoms with Gasteiger partial charge >= 0.3 is 0 Å². The molecular formula is C22H23N3O4. The fourth-order valence-corrected chi connectivity index (χ4v) is 5.47. The van der Waals surface area contributed by atoms with Crippen LogP contribution < -0.4 is 0 Å². The third kappa shape index (κ3) is 2.37. The molecule has 0 N–H and O–H groups in total. The summed E-state index contributed by atoms with van der Waals surface area (Å²) in [6.07, 6.45) is 4.77. The fourth-order valence-electron chi connectivity index (χ4n) is 5.47. The second kappa shape index (κ2) is 5.92. The lowest BCUT2D eigenvalue weighted by atomic mass is 10.1. The van der Waals surface area contributed by atoms with Gasteiger partial charge in [0.05, 0.1) is 19.1 Å². The van der Waals surface area contributed by atoms with Crippen LogP contribution in [0.5, 0.6) is 0 Å². The van der Waals surface area contributed by atoms with Gasteiger partial charge in [-0.3, -0.25) is 14.4 Å². The molecule has 4 heterocycles. The van der Waals surface area contributed by atoms with Crippen molar-refractivity contribution in [3.05, 3.63) is 36.0 Å². The molecule has 1 aromatic heterocycles. The predicted molar refractivity (Wildman–Crippen MR) is 104 cm³/mol. The highest BCUT2D eigenvalue weighted by atomic mass is 16.5. The van der Waals surface area contributed by atoms with Gasteiger partial charge in [0.25, 0.3) is 0 Å². The summed E-state index contributed by atoms with van der Waals surface area (Å²) in [6.45, 7) is 1.92. The number of ether oxygens (including phenoxy) is 1. The summed E-state index contributed by atoms with van der Waals surface area (Å²) in [5.74, 6) is 0.374. The van der Waals surface area contributed by atoms with Gasteiger partial charge in [0.2, 0.25) is 11.8 Å². The molecule has 7 nitrogen and oxygen atoms in total. The van der Waals surface area contributed by atoms with E-state index in [1.54, 1.807) is 0 Å². The number of aromatic nitrogens is 1. The highest BCUT2D eigenvalue weighted by molar-refractivity contribution is 6.10. The van der Waals surface area contributed by atoms with E-state index < -0.39 is 5.72 Å². The zero-order valence-electron chi connectivity index (χ0n) is 16.2. The van der Waals surface area contributed by atoms with Crippen LogP contribution in [0, 0.1) is 5.92 Å². The normalized spacial score (nSPS) is 28.3. The molecule has 2 aromatic rings. The number of likely N-dealkylation sites (tertiary alicyclic amines) is 1. The van der Waals surface area contributed by atoms with Crippen LogP contribution in [0.25, 0.3) is 10.9 Å². The number of hydrogen-bond acceptors (Lipinski definition) is 4. The Morgan fingerprint density at radius 1 is 1.17 bits per heavy atom. The number of benzene rings is 1. The number of rotatable bonds is 4. The van der Waals surface area contributed by atoms with E-state index in [1.807, 2.05) is 44.8 Å². The molecule has 1 aromatic carbocycles. The van der Waals surface area contributed by atoms with Gasteiger partial charge in [0.15, 0.2) is 11.5 Å². The average Bonchev–Trinajstić information content (AvgIpc) is 3.13. The van der Waals surface area contributed by atoms with Gasteiger partial charge in [-0.25, -0.2) is 0 Å². The SMILES string of the molecule is O=C(c1cn(CC(=O)N2CC[C@@]34OCCN3C(=O)C[C@@H]24)c2ccccc12)C1CC1. The summed E-state index contributed by atoms with van der Waals surface area (Å²) in [5, 5.41) is 0.913. The van der Waals surface area contributed by atoms with Crippen LogP contribution in [0.3, 0.4) is 0 Å². The topological polar surface area (TPSA) is 71.9 Å². The predicted octanol–water partition coefficient (Wildman–Crippen LogP) is 1.79. The standard InChI is InChI=1S/C22H23N3O4/c26-19-11-18-22(25(19)9-10-29-22)7-8-24(18)20(27)13-23-12-16(21(28)14-5-6-14)15-3-1-2-4-17(15)23/h1-4,12,14,18H,5-11,13H2/t18-,22+/m1/s1. The molecule has 0 radical (unpaired) electrons. The Morgan fingerprint density at radius 2 is 2.00 bits per heavy atom. The Labute approximate surface area is 168 Å². The van der Waals surface area contributed by atoms with Crippen molar-refractivity contribution < 1.29 is 19.1 Å². The zero-order chi connectivity index (χ0) is 19.8. The third-order valence-electron chi connectivity index (χ3n) is 7.03. The Hall–Kier alpha value is -2.67. The van der Waals surface area contributed by atoms with Gasteiger partial charge in [0, 0.05) is 48.1 Å². The van der Waals surface area contributed by atoms with Crippen LogP contribution in [0.2, 0.25) is 0 Å². The Kier molecular flexibility index (Phi) is 3.51. The zero-order valence-corrected chi connectivity index (χ0v) is 16.2. The molecule has 29 heavy (non-hydrogen) atoms. The number of amides is 2. The molecule has 6 rings (SSSR count). The second-order valence-corrected chi connectivity index (χ2v) is 8.62. The lowest BCUT2D eigenvalue weighted by Gasteiger charge is -2.31. The lowest BCUT2D eigenvalue weighted by Crippen LogP contribution is -2.49. The van der Waals surface area contributed by atoms with E-state index in [0.29, 0.717) is 32.5 Å². The summed E-state index contributed by atoms with van der Waals surface area (Å²) in [4.78, 5) is 42.0. The quantitative estimate of drug-likeness (QED) is 0.743. The van der Waals surface area contributed by atoms with E-state index in [2.05, 4.69) is 0 Å². The molecule has 0 unspecified atom stereocenters. The van der Waals surface area contributed by atoms with Crippen molar-refractivity contribution in [1.82, 2.24) is 14.4 Å². The Morgan fingerprint density at radius 3 is 2.83 bits per heavy atom. The molecule has 0 bridgehead atoms. The summed E-state index contributed by atoms with van der Waals surface area (Å²) in [7, 11) is 0. The minimum absolute atomic E-state index is 0.0248. The first-order valence-electron chi connectivity index (χ1n) is 10.4. The number of fused-ring (bicyclic) bond motifs is 1. The van der Waals surface area contributed by atoms with Crippen LogP contribution in [0.4, 0.5) is 0 Å². The van der Waals surface area contributed by atoms with Crippen molar-refractivity contribution in [1.29, 1.82) is 0 Å². The van der Waals surface area contributed by atoms with E-state index in [4.69, 9.17) is 4.74 Å². The van der Waals surface area contributed by atoms with Crippen molar-refractivity contribution in [2.24, 2.45) is 5.92 Å². The maximum atomic E-state index is 13.3. The van der Waals surface area contributed by atoms with Crippen LogP contribution in [-0.2, 0) is 20.9 Å². The van der Waals surface area contributed by atoms with Crippen molar-refractivity contribution >= 4 is 28.5 Å². The van der Waals surface area contributed by atoms with Gasteiger partial charge in [-0.15, -0.1) is 0 Å². The van der Waals surface area contributed by atoms with Gasteiger partial charge < -0.3 is 19.1 Å². The minimum Gasteiger partial charge on any atom is -0.351 e. The highest BCUT2D eigenvalue weighted by Crippen LogP contribution is 2.45. The smallest absolute Gasteiger partial charge is 0.242 e. The van der Waals surface area contributed by atoms with Gasteiger partial charge in [-0.1, -0.05) is 18.2 Å². The number of Topliss-reactive ketones (excluding diaryl/α,β-unsaturated/α-hetero) is 1. The molecule has 1 saturated carbocycles. The van der Waals surface area contributed by atoms with E-state index in [-0.39, 0.29) is 36.1 Å². The minimum atomic E-state index is -0.613. The van der Waals surface area contributed by atoms with Crippen LogP contribution in [0.15, 0.2) is 30.5 Å². The van der Waals surface area contributed by atoms with E-state index in [0.717, 1.165) is 29.3 Å². The summed E-state index contributed by atoms with van der Waals surface area (Å²) >= 11 is 0. The number of ketones is 1. The van der Waals surface area contributed by atoms with Gasteiger partial charge in [-0.05, 0) is 18.9 Å². The average molecular weight is 393 g/mol. The van der Waals surface area contributed by atoms with E-state index in [1.165, 1.54) is 0 Å². The molecule has 3 aliphatic heterocycles. The monoisotopic (exact) mass is 393 g/mol. The molecule has 1 spiro atoms. The van der Waals surface area contributed by atoms with Gasteiger partial charge in [-0.2, -0.15) is 0 Å². The van der Waals surface area contributed by atoms with E-state index >= 15 is 0 Å². The first-order valence-corrected chi connectivity index (χ1v) is 10.4. The largest absolute Gasteiger partial charge is 0.351 e. The number of carbonyl (C=O) groups excluding carboxylic acids is 3.